The van der Waals surface area contributed by atoms with Crippen molar-refractivity contribution in [1.82, 2.24) is 19.3 Å². The summed E-state index contributed by atoms with van der Waals surface area (Å²) < 4.78 is 28.2. The smallest absolute Gasteiger partial charge is 0.269 e. The van der Waals surface area contributed by atoms with E-state index < -0.39 is 10.0 Å². The number of nitrogens with zero attached hydrogens (tertiary/aromatic N) is 4. The standard InChI is InChI=1S/C20H19N5O2S/c26-28(27,16-12-15-4-1-2-5-17(15)23-13-16)25-14-19(24-10-8-21-9-11-24)20-18(25)6-3-7-22-20/h1-7,12-14,21H,8-11H2. The summed E-state index contributed by atoms with van der Waals surface area (Å²) in [5, 5.41) is 4.11. The summed E-state index contributed by atoms with van der Waals surface area (Å²) in [6.45, 7) is 3.35. The summed E-state index contributed by atoms with van der Waals surface area (Å²) in [7, 11) is -3.80. The summed E-state index contributed by atoms with van der Waals surface area (Å²) in [5.74, 6) is 0. The van der Waals surface area contributed by atoms with Gasteiger partial charge in [-0.25, -0.2) is 12.4 Å². The Balaban J connectivity index is 1.68. The van der Waals surface area contributed by atoms with Crippen molar-refractivity contribution in [3.63, 3.8) is 0 Å². The van der Waals surface area contributed by atoms with Crippen molar-refractivity contribution in [2.24, 2.45) is 0 Å². The van der Waals surface area contributed by atoms with E-state index in [0.717, 1.165) is 42.8 Å². The first-order valence-corrected chi connectivity index (χ1v) is 10.6. The number of rotatable bonds is 3. The van der Waals surface area contributed by atoms with E-state index in [9.17, 15) is 8.42 Å². The van der Waals surface area contributed by atoms with Crippen LogP contribution in [0.15, 0.2) is 66.0 Å². The van der Waals surface area contributed by atoms with Crippen LogP contribution < -0.4 is 10.2 Å². The molecule has 142 valence electrons. The number of piperazine rings is 1. The van der Waals surface area contributed by atoms with Crippen LogP contribution in [0.25, 0.3) is 21.9 Å². The molecule has 0 aliphatic carbocycles. The molecule has 0 saturated carbocycles. The minimum atomic E-state index is -3.80. The maximum absolute atomic E-state index is 13.5. The Morgan fingerprint density at radius 2 is 1.82 bits per heavy atom. The summed E-state index contributed by atoms with van der Waals surface area (Å²) in [6.07, 6.45) is 4.81. The lowest BCUT2D eigenvalue weighted by atomic mass is 10.2. The van der Waals surface area contributed by atoms with Crippen LogP contribution in [0.2, 0.25) is 0 Å². The van der Waals surface area contributed by atoms with Gasteiger partial charge in [-0.2, -0.15) is 0 Å². The van der Waals surface area contributed by atoms with Crippen molar-refractivity contribution < 1.29 is 8.42 Å². The molecule has 0 bridgehead atoms. The highest BCUT2D eigenvalue weighted by atomic mass is 32.2. The SMILES string of the molecule is O=S(=O)(c1cnc2ccccc2c1)n1cc(N2CCNCC2)c2ncccc21. The molecule has 0 unspecified atom stereocenters. The van der Waals surface area contributed by atoms with E-state index in [1.165, 1.54) is 10.2 Å². The number of benzene rings is 1. The largest absolute Gasteiger partial charge is 0.366 e. The molecule has 0 amide bonds. The van der Waals surface area contributed by atoms with Gasteiger partial charge >= 0.3 is 0 Å². The highest BCUT2D eigenvalue weighted by Crippen LogP contribution is 2.31. The molecule has 0 spiro atoms. The molecule has 1 fully saturated rings. The molecule has 4 heterocycles. The number of aromatic nitrogens is 3. The van der Waals surface area contributed by atoms with E-state index in [0.29, 0.717) is 11.0 Å². The molecule has 5 rings (SSSR count). The molecular formula is C20H19N5O2S. The Bertz CT molecular complexity index is 1280. The zero-order chi connectivity index (χ0) is 19.1. The minimum absolute atomic E-state index is 0.166. The Kier molecular flexibility index (Phi) is 4.03. The van der Waals surface area contributed by atoms with Gasteiger partial charge in [-0.1, -0.05) is 18.2 Å². The molecular weight excluding hydrogens is 374 g/mol. The molecule has 1 saturated heterocycles. The zero-order valence-corrected chi connectivity index (χ0v) is 15.9. The lowest BCUT2D eigenvalue weighted by molar-refractivity contribution is 0.586. The summed E-state index contributed by atoms with van der Waals surface area (Å²) in [5.41, 5.74) is 2.88. The Morgan fingerprint density at radius 1 is 1.00 bits per heavy atom. The molecule has 4 aromatic rings. The fourth-order valence-electron chi connectivity index (χ4n) is 3.66. The van der Waals surface area contributed by atoms with Gasteiger partial charge in [0.1, 0.15) is 10.4 Å². The highest BCUT2D eigenvalue weighted by Gasteiger charge is 2.25. The van der Waals surface area contributed by atoms with Crippen LogP contribution in [0.4, 0.5) is 5.69 Å². The van der Waals surface area contributed by atoms with Gasteiger partial charge in [-0.15, -0.1) is 0 Å². The molecule has 1 N–H and O–H groups in total. The maximum atomic E-state index is 13.5. The third-order valence-electron chi connectivity index (χ3n) is 5.09. The molecule has 8 heteroatoms. The maximum Gasteiger partial charge on any atom is 0.269 e. The average Bonchev–Trinajstić information content (AvgIpc) is 3.14. The molecule has 0 atom stereocenters. The monoisotopic (exact) mass is 393 g/mol. The Labute approximate surface area is 162 Å². The number of nitrogens with one attached hydrogen (secondary N) is 1. The summed E-state index contributed by atoms with van der Waals surface area (Å²) in [4.78, 5) is 11.1. The van der Waals surface area contributed by atoms with E-state index in [-0.39, 0.29) is 4.90 Å². The van der Waals surface area contributed by atoms with Crippen LogP contribution in [-0.2, 0) is 10.0 Å². The van der Waals surface area contributed by atoms with E-state index >= 15 is 0 Å². The summed E-state index contributed by atoms with van der Waals surface area (Å²) in [6, 6.07) is 12.7. The number of hydrogen-bond donors (Lipinski definition) is 1. The van der Waals surface area contributed by atoms with Crippen LogP contribution in [0, 0.1) is 0 Å². The van der Waals surface area contributed by atoms with Gasteiger partial charge in [0.2, 0.25) is 0 Å². The first kappa shape index (κ1) is 17.2. The van der Waals surface area contributed by atoms with Crippen LogP contribution in [0.5, 0.6) is 0 Å². The Morgan fingerprint density at radius 3 is 2.68 bits per heavy atom. The fourth-order valence-corrected chi connectivity index (χ4v) is 4.99. The highest BCUT2D eigenvalue weighted by molar-refractivity contribution is 7.90. The van der Waals surface area contributed by atoms with E-state index in [1.807, 2.05) is 24.3 Å². The number of fused-ring (bicyclic) bond motifs is 2. The van der Waals surface area contributed by atoms with Crippen molar-refractivity contribution in [3.8, 4) is 0 Å². The van der Waals surface area contributed by atoms with E-state index in [2.05, 4.69) is 20.2 Å². The zero-order valence-electron chi connectivity index (χ0n) is 15.1. The van der Waals surface area contributed by atoms with Gasteiger partial charge in [0.05, 0.1) is 16.7 Å². The van der Waals surface area contributed by atoms with E-state index in [4.69, 9.17) is 0 Å². The quantitative estimate of drug-likeness (QED) is 0.575. The molecule has 1 aliphatic heterocycles. The van der Waals surface area contributed by atoms with Gasteiger partial charge in [-0.3, -0.25) is 9.97 Å². The van der Waals surface area contributed by atoms with Crippen molar-refractivity contribution in [1.29, 1.82) is 0 Å². The first-order chi connectivity index (χ1) is 13.6. The van der Waals surface area contributed by atoms with Crippen molar-refractivity contribution in [2.75, 3.05) is 31.1 Å². The summed E-state index contributed by atoms with van der Waals surface area (Å²) >= 11 is 0. The van der Waals surface area contributed by atoms with Crippen LogP contribution in [-0.4, -0.2) is 48.5 Å². The fraction of sp³-hybridized carbons (Fsp3) is 0.200. The lowest BCUT2D eigenvalue weighted by Gasteiger charge is -2.28. The van der Waals surface area contributed by atoms with Crippen LogP contribution in [0.1, 0.15) is 0 Å². The molecule has 7 nitrogen and oxygen atoms in total. The van der Waals surface area contributed by atoms with Crippen molar-refractivity contribution in [2.45, 2.75) is 4.90 Å². The van der Waals surface area contributed by atoms with Gasteiger partial charge in [0.15, 0.2) is 0 Å². The van der Waals surface area contributed by atoms with E-state index in [1.54, 1.807) is 30.6 Å². The van der Waals surface area contributed by atoms with Crippen molar-refractivity contribution >= 4 is 37.6 Å². The van der Waals surface area contributed by atoms with Gasteiger partial charge in [-0.05, 0) is 24.3 Å². The number of para-hydroxylation sites is 1. The normalized spacial score (nSPS) is 15.4. The molecule has 3 aromatic heterocycles. The molecule has 1 aromatic carbocycles. The third-order valence-corrected chi connectivity index (χ3v) is 6.72. The Hall–Kier alpha value is -2.97. The van der Waals surface area contributed by atoms with Crippen LogP contribution in [0.3, 0.4) is 0 Å². The lowest BCUT2D eigenvalue weighted by Crippen LogP contribution is -2.43. The number of anilines is 1. The van der Waals surface area contributed by atoms with Crippen LogP contribution >= 0.6 is 0 Å². The van der Waals surface area contributed by atoms with Gasteiger partial charge in [0, 0.05) is 50.2 Å². The molecule has 28 heavy (non-hydrogen) atoms. The second-order valence-electron chi connectivity index (χ2n) is 6.79. The van der Waals surface area contributed by atoms with Gasteiger partial charge in [0.25, 0.3) is 10.0 Å². The minimum Gasteiger partial charge on any atom is -0.366 e. The second kappa shape index (κ2) is 6.57. The van der Waals surface area contributed by atoms with Crippen molar-refractivity contribution in [3.05, 3.63) is 61.1 Å². The topological polar surface area (TPSA) is 80.1 Å². The molecule has 0 radical (unpaired) electrons. The number of pyridine rings is 2. The number of hydrogen-bond acceptors (Lipinski definition) is 6. The average molecular weight is 393 g/mol. The predicted molar refractivity (Wildman–Crippen MR) is 109 cm³/mol. The van der Waals surface area contributed by atoms with Gasteiger partial charge < -0.3 is 10.2 Å². The second-order valence-corrected chi connectivity index (χ2v) is 8.60. The first-order valence-electron chi connectivity index (χ1n) is 9.17. The predicted octanol–water partition coefficient (Wildman–Crippen LogP) is 2.23. The molecule has 1 aliphatic rings. The third kappa shape index (κ3) is 2.73.